The van der Waals surface area contributed by atoms with Crippen LogP contribution in [-0.4, -0.2) is 0 Å². The third-order valence-corrected chi connectivity index (χ3v) is 5.89. The number of hydrogen-bond acceptors (Lipinski definition) is 1. The minimum atomic E-state index is 0.418. The van der Waals surface area contributed by atoms with E-state index in [0.717, 1.165) is 29.7 Å². The molecule has 30 heavy (non-hydrogen) atoms. The molecule has 0 radical (unpaired) electrons. The van der Waals surface area contributed by atoms with Crippen LogP contribution in [0.1, 0.15) is 37.2 Å². The highest BCUT2D eigenvalue weighted by atomic mass is 16.3. The first-order chi connectivity index (χ1) is 14.7. The van der Waals surface area contributed by atoms with Crippen molar-refractivity contribution in [1.82, 2.24) is 0 Å². The first-order valence-corrected chi connectivity index (χ1v) is 10.8. The summed E-state index contributed by atoms with van der Waals surface area (Å²) in [7, 11) is 0. The molecule has 1 atom stereocenters. The second-order valence-electron chi connectivity index (χ2n) is 8.14. The molecule has 3 aromatic carbocycles. The van der Waals surface area contributed by atoms with E-state index in [1.165, 1.54) is 33.2 Å². The second kappa shape index (κ2) is 7.84. The van der Waals surface area contributed by atoms with Crippen molar-refractivity contribution in [2.45, 2.75) is 26.7 Å². The Morgan fingerprint density at radius 2 is 1.57 bits per heavy atom. The van der Waals surface area contributed by atoms with Gasteiger partial charge in [0.1, 0.15) is 11.3 Å². The lowest BCUT2D eigenvalue weighted by atomic mass is 9.92. The first-order valence-electron chi connectivity index (χ1n) is 10.8. The zero-order valence-electron chi connectivity index (χ0n) is 17.6. The molecule has 0 saturated carbocycles. The number of rotatable bonds is 4. The van der Waals surface area contributed by atoms with E-state index in [1.54, 1.807) is 0 Å². The highest BCUT2D eigenvalue weighted by Crippen LogP contribution is 2.40. The Balaban J connectivity index is 1.70. The average Bonchev–Trinajstić information content (AvgIpc) is 3.04. The summed E-state index contributed by atoms with van der Waals surface area (Å²) in [6.45, 7) is 4.42. The molecule has 0 aliphatic heterocycles. The van der Waals surface area contributed by atoms with E-state index in [2.05, 4.69) is 105 Å². The zero-order chi connectivity index (χ0) is 20.5. The zero-order valence-corrected chi connectivity index (χ0v) is 17.6. The second-order valence-corrected chi connectivity index (χ2v) is 8.14. The smallest absolute Gasteiger partial charge is 0.143 e. The number of benzene rings is 3. The number of fused-ring (bicyclic) bond motifs is 3. The first kappa shape index (κ1) is 18.7. The largest absolute Gasteiger partial charge is 0.455 e. The van der Waals surface area contributed by atoms with Crippen molar-refractivity contribution in [3.05, 3.63) is 95.8 Å². The van der Waals surface area contributed by atoms with Crippen LogP contribution in [-0.2, 0) is 6.42 Å². The van der Waals surface area contributed by atoms with Crippen LogP contribution in [0.5, 0.6) is 0 Å². The summed E-state index contributed by atoms with van der Waals surface area (Å²) in [5.74, 6) is 1.36. The molecule has 0 bridgehead atoms. The summed E-state index contributed by atoms with van der Waals surface area (Å²) < 4.78 is 6.42. The van der Waals surface area contributed by atoms with Crippen LogP contribution in [0.3, 0.4) is 0 Å². The Labute approximate surface area is 178 Å². The van der Waals surface area contributed by atoms with E-state index >= 15 is 0 Å². The maximum absolute atomic E-state index is 6.42. The van der Waals surface area contributed by atoms with Crippen molar-refractivity contribution in [1.29, 1.82) is 0 Å². The number of para-hydroxylation sites is 1. The summed E-state index contributed by atoms with van der Waals surface area (Å²) in [5, 5.41) is 1.17. The van der Waals surface area contributed by atoms with Gasteiger partial charge in [0.15, 0.2) is 0 Å². The molecule has 1 heterocycles. The summed E-state index contributed by atoms with van der Waals surface area (Å²) in [4.78, 5) is 0. The topological polar surface area (TPSA) is 13.1 Å². The lowest BCUT2D eigenvalue weighted by molar-refractivity contribution is 0.604. The molecule has 5 rings (SSSR count). The SMILES string of the molecule is CCCc1cccc(-c2ccccc2-c2cccc3c4c(oc23)C=CC(C)C=C4)c1. The van der Waals surface area contributed by atoms with E-state index < -0.39 is 0 Å². The van der Waals surface area contributed by atoms with E-state index in [4.69, 9.17) is 4.42 Å². The van der Waals surface area contributed by atoms with Crippen molar-refractivity contribution in [3.63, 3.8) is 0 Å². The normalized spacial score (nSPS) is 15.3. The van der Waals surface area contributed by atoms with Gasteiger partial charge in [-0.05, 0) is 40.7 Å². The van der Waals surface area contributed by atoms with Crippen LogP contribution in [0.4, 0.5) is 0 Å². The molecule has 0 saturated heterocycles. The fourth-order valence-electron chi connectivity index (χ4n) is 4.37. The van der Waals surface area contributed by atoms with Gasteiger partial charge in [-0.3, -0.25) is 0 Å². The van der Waals surface area contributed by atoms with Crippen LogP contribution in [0.2, 0.25) is 0 Å². The lowest BCUT2D eigenvalue weighted by Crippen LogP contribution is -1.88. The molecule has 1 unspecified atom stereocenters. The molecule has 1 aliphatic carbocycles. The van der Waals surface area contributed by atoms with Gasteiger partial charge in [0, 0.05) is 16.5 Å². The Morgan fingerprint density at radius 1 is 0.800 bits per heavy atom. The van der Waals surface area contributed by atoms with Crippen molar-refractivity contribution in [2.24, 2.45) is 5.92 Å². The minimum Gasteiger partial charge on any atom is -0.455 e. The number of aryl methyl sites for hydroxylation is 1. The average molecular weight is 391 g/mol. The quantitative estimate of drug-likeness (QED) is 0.341. The van der Waals surface area contributed by atoms with E-state index in [0.29, 0.717) is 5.92 Å². The fraction of sp³-hybridized carbons (Fsp3) is 0.172. The molecule has 1 nitrogen and oxygen atoms in total. The van der Waals surface area contributed by atoms with E-state index in [-0.39, 0.29) is 0 Å². The summed E-state index contributed by atoms with van der Waals surface area (Å²) >= 11 is 0. The van der Waals surface area contributed by atoms with Crippen molar-refractivity contribution in [2.75, 3.05) is 0 Å². The Hall–Kier alpha value is -3.32. The molecule has 0 amide bonds. The van der Waals surface area contributed by atoms with Gasteiger partial charge in [0.2, 0.25) is 0 Å². The summed E-state index contributed by atoms with van der Waals surface area (Å²) in [6.07, 6.45) is 11.0. The van der Waals surface area contributed by atoms with Gasteiger partial charge in [-0.2, -0.15) is 0 Å². The highest BCUT2D eigenvalue weighted by Gasteiger charge is 2.18. The Morgan fingerprint density at radius 3 is 2.43 bits per heavy atom. The molecular weight excluding hydrogens is 364 g/mol. The minimum absolute atomic E-state index is 0.418. The van der Waals surface area contributed by atoms with Gasteiger partial charge in [0.05, 0.1) is 0 Å². The molecule has 1 aromatic heterocycles. The Kier molecular flexibility index (Phi) is 4.88. The monoisotopic (exact) mass is 390 g/mol. The number of furan rings is 1. The lowest BCUT2D eigenvalue weighted by Gasteiger charge is -2.12. The van der Waals surface area contributed by atoms with Gasteiger partial charge < -0.3 is 4.42 Å². The van der Waals surface area contributed by atoms with Crippen molar-refractivity contribution >= 4 is 23.1 Å². The van der Waals surface area contributed by atoms with Crippen LogP contribution in [0.25, 0.3) is 45.4 Å². The molecular formula is C29H26O. The number of hydrogen-bond donors (Lipinski definition) is 0. The molecule has 0 spiro atoms. The van der Waals surface area contributed by atoms with Crippen LogP contribution in [0, 0.1) is 5.92 Å². The van der Waals surface area contributed by atoms with Gasteiger partial charge in [0.25, 0.3) is 0 Å². The maximum atomic E-state index is 6.42. The standard InChI is InChI=1S/C29H26O/c1-3-8-21-9-6-10-22(19-21)23-11-4-5-12-24(23)26-13-7-14-27-25-17-15-20(2)16-18-28(25)30-29(26)27/h4-7,9-20H,3,8H2,1-2H3. The van der Waals surface area contributed by atoms with E-state index in [9.17, 15) is 0 Å². The molecule has 1 heteroatoms. The van der Waals surface area contributed by atoms with Gasteiger partial charge >= 0.3 is 0 Å². The van der Waals surface area contributed by atoms with Gasteiger partial charge in [-0.15, -0.1) is 0 Å². The van der Waals surface area contributed by atoms with Crippen molar-refractivity contribution in [3.8, 4) is 22.3 Å². The summed E-state index contributed by atoms with van der Waals surface area (Å²) in [6, 6.07) is 24.1. The molecule has 0 N–H and O–H groups in total. The van der Waals surface area contributed by atoms with Crippen molar-refractivity contribution < 1.29 is 4.42 Å². The Bertz CT molecular complexity index is 1270. The highest BCUT2D eigenvalue weighted by molar-refractivity contribution is 6.02. The molecule has 1 aliphatic rings. The predicted molar refractivity (Wildman–Crippen MR) is 128 cm³/mol. The molecule has 0 fully saturated rings. The maximum Gasteiger partial charge on any atom is 0.143 e. The fourth-order valence-corrected chi connectivity index (χ4v) is 4.37. The molecule has 148 valence electrons. The third kappa shape index (κ3) is 3.31. The third-order valence-electron chi connectivity index (χ3n) is 5.89. The predicted octanol–water partition coefficient (Wildman–Crippen LogP) is 8.40. The summed E-state index contributed by atoms with van der Waals surface area (Å²) in [5.41, 5.74) is 8.38. The van der Waals surface area contributed by atoms with Crippen LogP contribution < -0.4 is 0 Å². The van der Waals surface area contributed by atoms with Crippen LogP contribution in [0.15, 0.2) is 83.3 Å². The van der Waals surface area contributed by atoms with Crippen LogP contribution >= 0.6 is 0 Å². The van der Waals surface area contributed by atoms with E-state index in [1.807, 2.05) is 0 Å². The van der Waals surface area contributed by atoms with Gasteiger partial charge in [-0.1, -0.05) is 105 Å². The van der Waals surface area contributed by atoms with Gasteiger partial charge in [-0.25, -0.2) is 0 Å². The molecule has 4 aromatic rings. The number of allylic oxidation sites excluding steroid dienone is 2.